The first-order valence-electron chi connectivity index (χ1n) is 9.42. The van der Waals surface area contributed by atoms with Crippen LogP contribution in [0.15, 0.2) is 60.4 Å². The number of benzene rings is 1. The molecule has 0 radical (unpaired) electrons. The normalized spacial score (nSPS) is 14.0. The molecule has 1 aromatic carbocycles. The van der Waals surface area contributed by atoms with Crippen molar-refractivity contribution >= 4 is 22.9 Å². The predicted octanol–water partition coefficient (Wildman–Crippen LogP) is 4.87. The number of nitrogens with zero attached hydrogens (tertiary/aromatic N) is 5. The van der Waals surface area contributed by atoms with E-state index in [4.69, 9.17) is 21.6 Å². The van der Waals surface area contributed by atoms with Crippen molar-refractivity contribution in [3.63, 3.8) is 0 Å². The van der Waals surface area contributed by atoms with Crippen LogP contribution in [0.3, 0.4) is 0 Å². The number of rotatable bonds is 4. The standard InChI is InChI=1S/C22H18ClN5S/c23-18-3-1-16(2-4-18)22-26-19(14-29-22)13-28-10-7-20-17(12-28)11-25-21(27-20)15-5-8-24-9-6-15/h1-6,8-9,11,14H,7,10,12-13H2. The fraction of sp³-hybridized carbons (Fsp3) is 0.182. The van der Waals surface area contributed by atoms with Crippen LogP contribution in [-0.4, -0.2) is 31.4 Å². The average molecular weight is 420 g/mol. The smallest absolute Gasteiger partial charge is 0.159 e. The number of aromatic nitrogens is 4. The molecule has 144 valence electrons. The Labute approximate surface area is 178 Å². The van der Waals surface area contributed by atoms with Crippen LogP contribution in [0.1, 0.15) is 17.0 Å². The van der Waals surface area contributed by atoms with Gasteiger partial charge in [-0.25, -0.2) is 15.0 Å². The molecule has 0 aliphatic carbocycles. The third-order valence-corrected chi connectivity index (χ3v) is 6.17. The number of halogens is 1. The van der Waals surface area contributed by atoms with Crippen molar-refractivity contribution in [2.45, 2.75) is 19.5 Å². The van der Waals surface area contributed by atoms with Gasteiger partial charge < -0.3 is 0 Å². The summed E-state index contributed by atoms with van der Waals surface area (Å²) in [6.45, 7) is 2.64. The molecular weight excluding hydrogens is 402 g/mol. The molecule has 4 heterocycles. The molecule has 0 saturated heterocycles. The monoisotopic (exact) mass is 419 g/mol. The van der Waals surface area contributed by atoms with E-state index < -0.39 is 0 Å². The van der Waals surface area contributed by atoms with Gasteiger partial charge in [-0.15, -0.1) is 11.3 Å². The summed E-state index contributed by atoms with van der Waals surface area (Å²) in [5.74, 6) is 0.770. The van der Waals surface area contributed by atoms with Gasteiger partial charge in [0.2, 0.25) is 0 Å². The molecule has 29 heavy (non-hydrogen) atoms. The molecule has 3 aromatic heterocycles. The van der Waals surface area contributed by atoms with Crippen molar-refractivity contribution in [3.05, 3.63) is 82.3 Å². The molecule has 0 N–H and O–H groups in total. The lowest BCUT2D eigenvalue weighted by molar-refractivity contribution is 0.240. The van der Waals surface area contributed by atoms with Crippen LogP contribution in [0.4, 0.5) is 0 Å². The minimum atomic E-state index is 0.742. The van der Waals surface area contributed by atoms with E-state index in [1.165, 1.54) is 5.56 Å². The molecule has 0 bridgehead atoms. The minimum absolute atomic E-state index is 0.742. The van der Waals surface area contributed by atoms with E-state index in [0.29, 0.717) is 0 Å². The molecule has 0 amide bonds. The van der Waals surface area contributed by atoms with Crippen LogP contribution in [0.25, 0.3) is 22.0 Å². The van der Waals surface area contributed by atoms with Crippen molar-refractivity contribution in [1.29, 1.82) is 0 Å². The topological polar surface area (TPSA) is 54.8 Å². The van der Waals surface area contributed by atoms with E-state index in [9.17, 15) is 0 Å². The molecule has 4 aromatic rings. The second kappa shape index (κ2) is 7.99. The Bertz CT molecular complexity index is 1130. The fourth-order valence-electron chi connectivity index (χ4n) is 3.48. The zero-order chi connectivity index (χ0) is 19.6. The summed E-state index contributed by atoms with van der Waals surface area (Å²) in [7, 11) is 0. The fourth-order valence-corrected chi connectivity index (χ4v) is 4.43. The van der Waals surface area contributed by atoms with E-state index in [1.54, 1.807) is 23.7 Å². The lowest BCUT2D eigenvalue weighted by Gasteiger charge is -2.27. The molecule has 0 atom stereocenters. The summed E-state index contributed by atoms with van der Waals surface area (Å²) in [4.78, 5) is 20.6. The van der Waals surface area contributed by atoms with Gasteiger partial charge in [-0.05, 0) is 24.3 Å². The van der Waals surface area contributed by atoms with Crippen LogP contribution in [0.5, 0.6) is 0 Å². The molecule has 0 saturated carbocycles. The Kier molecular flexibility index (Phi) is 5.06. The van der Waals surface area contributed by atoms with E-state index in [2.05, 4.69) is 20.2 Å². The Balaban J connectivity index is 1.29. The van der Waals surface area contributed by atoms with Crippen molar-refractivity contribution in [2.75, 3.05) is 6.54 Å². The SMILES string of the molecule is Clc1ccc(-c2nc(CN3CCc4nc(-c5ccncc5)ncc4C3)cs2)cc1. The first kappa shape index (κ1) is 18.4. The summed E-state index contributed by atoms with van der Waals surface area (Å²) < 4.78 is 0. The largest absolute Gasteiger partial charge is 0.293 e. The molecule has 5 nitrogen and oxygen atoms in total. The zero-order valence-electron chi connectivity index (χ0n) is 15.6. The van der Waals surface area contributed by atoms with Gasteiger partial charge in [-0.1, -0.05) is 23.7 Å². The summed E-state index contributed by atoms with van der Waals surface area (Å²) in [6.07, 6.45) is 6.42. The van der Waals surface area contributed by atoms with Crippen LogP contribution < -0.4 is 0 Å². The van der Waals surface area contributed by atoms with Gasteiger partial charge in [0, 0.05) is 71.7 Å². The zero-order valence-corrected chi connectivity index (χ0v) is 17.2. The van der Waals surface area contributed by atoms with Crippen LogP contribution >= 0.6 is 22.9 Å². The number of thiazole rings is 1. The van der Waals surface area contributed by atoms with E-state index in [1.807, 2.05) is 42.6 Å². The average Bonchev–Trinajstić information content (AvgIpc) is 3.23. The first-order chi connectivity index (χ1) is 14.2. The summed E-state index contributed by atoms with van der Waals surface area (Å²) in [5, 5.41) is 3.91. The van der Waals surface area contributed by atoms with Crippen LogP contribution in [0, 0.1) is 0 Å². The molecule has 0 unspecified atom stereocenters. The van der Waals surface area contributed by atoms with Crippen molar-refractivity contribution in [1.82, 2.24) is 24.8 Å². The van der Waals surface area contributed by atoms with Gasteiger partial charge in [0.05, 0.1) is 11.4 Å². The Morgan fingerprint density at radius 1 is 1.00 bits per heavy atom. The summed E-state index contributed by atoms with van der Waals surface area (Å²) in [6, 6.07) is 11.7. The lowest BCUT2D eigenvalue weighted by Crippen LogP contribution is -2.31. The maximum absolute atomic E-state index is 5.98. The van der Waals surface area contributed by atoms with Gasteiger partial charge in [-0.2, -0.15) is 0 Å². The van der Waals surface area contributed by atoms with Crippen LogP contribution in [-0.2, 0) is 19.5 Å². The molecule has 1 aliphatic rings. The lowest BCUT2D eigenvalue weighted by atomic mass is 10.1. The van der Waals surface area contributed by atoms with Crippen LogP contribution in [0.2, 0.25) is 5.02 Å². The predicted molar refractivity (Wildman–Crippen MR) is 116 cm³/mol. The van der Waals surface area contributed by atoms with Gasteiger partial charge >= 0.3 is 0 Å². The van der Waals surface area contributed by atoms with E-state index in [-0.39, 0.29) is 0 Å². The molecule has 0 fully saturated rings. The molecule has 5 rings (SSSR count). The highest BCUT2D eigenvalue weighted by Crippen LogP contribution is 2.27. The molecule has 7 heteroatoms. The molecule has 1 aliphatic heterocycles. The minimum Gasteiger partial charge on any atom is -0.293 e. The molecular formula is C22H18ClN5S. The van der Waals surface area contributed by atoms with Crippen molar-refractivity contribution in [3.8, 4) is 22.0 Å². The van der Waals surface area contributed by atoms with Crippen molar-refractivity contribution < 1.29 is 0 Å². The van der Waals surface area contributed by atoms with Gasteiger partial charge in [-0.3, -0.25) is 9.88 Å². The van der Waals surface area contributed by atoms with Gasteiger partial charge in [0.15, 0.2) is 5.82 Å². The van der Waals surface area contributed by atoms with E-state index >= 15 is 0 Å². The number of fused-ring (bicyclic) bond motifs is 1. The Hall–Kier alpha value is -2.67. The second-order valence-corrected chi connectivity index (χ2v) is 8.31. The maximum atomic E-state index is 5.98. The van der Waals surface area contributed by atoms with E-state index in [0.717, 1.165) is 64.4 Å². The number of hydrogen-bond donors (Lipinski definition) is 0. The van der Waals surface area contributed by atoms with Gasteiger partial charge in [0.1, 0.15) is 5.01 Å². The quantitative estimate of drug-likeness (QED) is 0.472. The third-order valence-electron chi connectivity index (χ3n) is 4.98. The van der Waals surface area contributed by atoms with Crippen molar-refractivity contribution in [2.24, 2.45) is 0 Å². The highest BCUT2D eigenvalue weighted by atomic mass is 35.5. The number of hydrogen-bond acceptors (Lipinski definition) is 6. The Morgan fingerprint density at radius 2 is 1.83 bits per heavy atom. The second-order valence-electron chi connectivity index (χ2n) is 7.01. The highest BCUT2D eigenvalue weighted by Gasteiger charge is 2.20. The highest BCUT2D eigenvalue weighted by molar-refractivity contribution is 7.13. The summed E-state index contributed by atoms with van der Waals surface area (Å²) in [5.41, 5.74) is 5.54. The maximum Gasteiger partial charge on any atom is 0.159 e. The molecule has 0 spiro atoms. The third kappa shape index (κ3) is 4.05. The summed E-state index contributed by atoms with van der Waals surface area (Å²) >= 11 is 7.65. The Morgan fingerprint density at radius 3 is 2.66 bits per heavy atom. The first-order valence-corrected chi connectivity index (χ1v) is 10.7. The van der Waals surface area contributed by atoms with Gasteiger partial charge in [0.25, 0.3) is 0 Å². The number of pyridine rings is 1.